The number of nitrogens with one attached hydrogen (secondary N) is 2. The molecule has 1 amide bonds. The van der Waals surface area contributed by atoms with Crippen molar-refractivity contribution in [3.8, 4) is 11.1 Å². The van der Waals surface area contributed by atoms with Crippen LogP contribution in [-0.4, -0.2) is 77.0 Å². The molecule has 8 N–H and O–H groups in total. The van der Waals surface area contributed by atoms with Crippen molar-refractivity contribution in [2.45, 2.75) is 37.4 Å². The SMILES string of the molecule is Nc1nc2c(ncn2[C@@H]2O[C@H](COP(=O)(O)OP(=O)(O)OCCC(=O)Nc3ccc4c(c3)Cc3ccccc3-4)[C@@H](O)[C@H]2O)c(=O)[nH]1. The summed E-state index contributed by atoms with van der Waals surface area (Å²) in [5, 5.41) is 23.6. The Morgan fingerprint density at radius 3 is 2.63 bits per heavy atom. The minimum absolute atomic E-state index is 0.0689. The van der Waals surface area contributed by atoms with Gasteiger partial charge in [-0.05, 0) is 40.8 Å². The molecule has 4 aromatic rings. The highest BCUT2D eigenvalue weighted by molar-refractivity contribution is 7.61. The van der Waals surface area contributed by atoms with Crippen molar-refractivity contribution in [3.05, 3.63) is 70.3 Å². The number of nitrogens with zero attached hydrogens (tertiary/aromatic N) is 3. The topological polar surface area (TPSA) is 271 Å². The van der Waals surface area contributed by atoms with Gasteiger partial charge in [-0.1, -0.05) is 30.3 Å². The highest BCUT2D eigenvalue weighted by Crippen LogP contribution is 2.60. The van der Waals surface area contributed by atoms with Crippen LogP contribution in [-0.2, 0) is 38.4 Å². The van der Waals surface area contributed by atoms with Crippen LogP contribution >= 0.6 is 15.6 Å². The van der Waals surface area contributed by atoms with Gasteiger partial charge >= 0.3 is 15.6 Å². The molecule has 0 bridgehead atoms. The third-order valence-electron chi connectivity index (χ3n) is 7.33. The second kappa shape index (κ2) is 12.4. The Morgan fingerprint density at radius 2 is 1.83 bits per heavy atom. The molecule has 2 aromatic heterocycles. The van der Waals surface area contributed by atoms with Crippen molar-refractivity contribution in [1.82, 2.24) is 19.5 Å². The molecule has 3 heterocycles. The minimum Gasteiger partial charge on any atom is -0.387 e. The van der Waals surface area contributed by atoms with Gasteiger partial charge in [0.15, 0.2) is 17.4 Å². The van der Waals surface area contributed by atoms with Crippen molar-refractivity contribution >= 4 is 44.4 Å². The molecule has 46 heavy (non-hydrogen) atoms. The average molecular weight is 678 g/mol. The van der Waals surface area contributed by atoms with Crippen LogP contribution in [0.4, 0.5) is 11.6 Å². The molecule has 0 spiro atoms. The Balaban J connectivity index is 0.982. The number of nitrogen functional groups attached to an aromatic ring is 1. The van der Waals surface area contributed by atoms with Crippen molar-refractivity contribution in [3.63, 3.8) is 0 Å². The number of amides is 1. The standard InChI is InChI=1S/C26H28N6O12P2/c27-26-30-23-20(24(36)31-26)28-12-32(23)25-22(35)21(34)18(43-25)11-42-46(39,40)44-45(37,38)41-8-7-19(33)29-15-5-6-17-14(10-15)9-13-3-1-2-4-16(13)17/h1-6,10,12,18,21-22,25,34-35H,7-9,11H2,(H,29,33)(H,37,38)(H,39,40)(H3,27,30,31,36)/t18-,21-,22-,25-/m1/s1. The number of aliphatic hydroxyl groups excluding tert-OH is 2. The molecule has 244 valence electrons. The molecule has 6 atom stereocenters. The van der Waals surface area contributed by atoms with Gasteiger partial charge in [-0.2, -0.15) is 9.29 Å². The second-order valence-corrected chi connectivity index (χ2v) is 13.5. The molecule has 20 heteroatoms. The summed E-state index contributed by atoms with van der Waals surface area (Å²) in [6.45, 7) is -1.53. The Bertz CT molecular complexity index is 1970. The van der Waals surface area contributed by atoms with Crippen molar-refractivity contribution < 1.29 is 52.0 Å². The average Bonchev–Trinajstić information content (AvgIpc) is 3.64. The number of benzene rings is 2. The van der Waals surface area contributed by atoms with Gasteiger partial charge in [-0.3, -0.25) is 28.2 Å². The fourth-order valence-electron chi connectivity index (χ4n) is 5.27. The Kier molecular flexibility index (Phi) is 8.69. The number of phosphoric acid groups is 2. The van der Waals surface area contributed by atoms with Crippen molar-refractivity contribution in [2.24, 2.45) is 0 Å². The van der Waals surface area contributed by atoms with Crippen LogP contribution in [0.2, 0.25) is 0 Å². The maximum Gasteiger partial charge on any atom is 0.481 e. The first-order valence-corrected chi connectivity index (χ1v) is 16.7. The lowest BCUT2D eigenvalue weighted by molar-refractivity contribution is -0.116. The smallest absolute Gasteiger partial charge is 0.387 e. The first-order valence-electron chi connectivity index (χ1n) is 13.7. The summed E-state index contributed by atoms with van der Waals surface area (Å²) in [5.74, 6) is -0.792. The number of rotatable bonds is 11. The van der Waals surface area contributed by atoms with Gasteiger partial charge in [-0.25, -0.2) is 14.1 Å². The van der Waals surface area contributed by atoms with E-state index < -0.39 is 71.3 Å². The number of phosphoric ester groups is 2. The van der Waals surface area contributed by atoms with Crippen LogP contribution in [0, 0.1) is 0 Å². The molecule has 2 aliphatic rings. The van der Waals surface area contributed by atoms with Crippen LogP contribution in [0.25, 0.3) is 22.3 Å². The van der Waals surface area contributed by atoms with Gasteiger partial charge in [0.25, 0.3) is 5.56 Å². The van der Waals surface area contributed by atoms with Crippen molar-refractivity contribution in [1.29, 1.82) is 0 Å². The fourth-order valence-corrected chi connectivity index (χ4v) is 7.35. The zero-order valence-corrected chi connectivity index (χ0v) is 25.4. The Hall–Kier alpha value is -3.80. The normalized spacial score (nSPS) is 23.0. The first kappa shape index (κ1) is 32.2. The number of H-pyrrole nitrogens is 1. The van der Waals surface area contributed by atoms with E-state index in [0.717, 1.165) is 34.0 Å². The predicted octanol–water partition coefficient (Wildman–Crippen LogP) is 1.17. The molecule has 1 aliphatic carbocycles. The van der Waals surface area contributed by atoms with Crippen molar-refractivity contribution in [2.75, 3.05) is 24.3 Å². The number of hydrogen-bond acceptors (Lipinski definition) is 13. The number of fused-ring (bicyclic) bond motifs is 4. The third-order valence-corrected chi connectivity index (χ3v) is 9.97. The van der Waals surface area contributed by atoms with E-state index in [2.05, 4.69) is 29.1 Å². The number of anilines is 2. The van der Waals surface area contributed by atoms with Crippen LogP contribution in [0.5, 0.6) is 0 Å². The maximum atomic E-state index is 12.4. The third kappa shape index (κ3) is 6.67. The lowest BCUT2D eigenvalue weighted by Gasteiger charge is -2.19. The van der Waals surface area contributed by atoms with Gasteiger partial charge in [0, 0.05) is 5.69 Å². The number of carbonyl (C=O) groups excluding carboxylic acids is 1. The van der Waals surface area contributed by atoms with E-state index in [0.29, 0.717) is 5.69 Å². The van der Waals surface area contributed by atoms with Crippen LogP contribution in [0.1, 0.15) is 23.8 Å². The van der Waals surface area contributed by atoms with Crippen LogP contribution in [0.15, 0.2) is 53.6 Å². The summed E-state index contributed by atoms with van der Waals surface area (Å²) in [6.07, 6.45) is -4.70. The number of ether oxygens (including phenoxy) is 1. The fraction of sp³-hybridized carbons (Fsp3) is 0.308. The molecular formula is C26H28N6O12P2. The number of imidazole rings is 1. The minimum atomic E-state index is -5.30. The van der Waals surface area contributed by atoms with E-state index in [1.807, 2.05) is 36.4 Å². The quantitative estimate of drug-likeness (QED) is 0.0966. The van der Waals surface area contributed by atoms with Crippen LogP contribution in [0.3, 0.4) is 0 Å². The van der Waals surface area contributed by atoms with E-state index in [1.165, 1.54) is 5.56 Å². The molecule has 1 fully saturated rings. The second-order valence-electron chi connectivity index (χ2n) is 10.5. The molecule has 18 nitrogen and oxygen atoms in total. The monoisotopic (exact) mass is 678 g/mol. The Morgan fingerprint density at radius 1 is 1.09 bits per heavy atom. The summed E-state index contributed by atoms with van der Waals surface area (Å²) in [4.78, 5) is 54.5. The zero-order valence-electron chi connectivity index (χ0n) is 23.6. The first-order chi connectivity index (χ1) is 21.8. The molecule has 1 saturated heterocycles. The van der Waals surface area contributed by atoms with E-state index in [-0.39, 0.29) is 17.1 Å². The van der Waals surface area contributed by atoms with Gasteiger partial charge in [-0.15, -0.1) is 0 Å². The predicted molar refractivity (Wildman–Crippen MR) is 159 cm³/mol. The molecular weight excluding hydrogens is 650 g/mol. The molecule has 0 radical (unpaired) electrons. The zero-order chi connectivity index (χ0) is 32.8. The molecule has 0 saturated carbocycles. The van der Waals surface area contributed by atoms with Gasteiger partial charge in [0.1, 0.15) is 18.3 Å². The lowest BCUT2D eigenvalue weighted by atomic mass is 10.1. The number of aromatic amines is 1. The molecule has 2 unspecified atom stereocenters. The largest absolute Gasteiger partial charge is 0.481 e. The summed E-state index contributed by atoms with van der Waals surface area (Å²) >= 11 is 0. The van der Waals surface area contributed by atoms with E-state index in [1.54, 1.807) is 6.07 Å². The van der Waals surface area contributed by atoms with E-state index in [9.17, 15) is 38.7 Å². The molecule has 2 aromatic carbocycles. The van der Waals surface area contributed by atoms with Gasteiger partial charge < -0.3 is 35.8 Å². The summed E-state index contributed by atoms with van der Waals surface area (Å²) < 4.78 is 45.0. The summed E-state index contributed by atoms with van der Waals surface area (Å²) in [7, 11) is -10.5. The number of carbonyl (C=O) groups is 1. The van der Waals surface area contributed by atoms with E-state index >= 15 is 0 Å². The maximum absolute atomic E-state index is 12.4. The summed E-state index contributed by atoms with van der Waals surface area (Å²) in [6, 6.07) is 13.4. The highest BCUT2D eigenvalue weighted by Gasteiger charge is 2.46. The number of hydrogen-bond donors (Lipinski definition) is 7. The van der Waals surface area contributed by atoms with Crippen LogP contribution < -0.4 is 16.6 Å². The highest BCUT2D eigenvalue weighted by atomic mass is 31.3. The van der Waals surface area contributed by atoms with Gasteiger partial charge in [0.05, 0.1) is 26.0 Å². The molecule has 1 aliphatic heterocycles. The molecule has 6 rings (SSSR count). The summed E-state index contributed by atoms with van der Waals surface area (Å²) in [5.41, 5.74) is 9.65. The number of aliphatic hydroxyl groups is 2. The van der Waals surface area contributed by atoms with Gasteiger partial charge in [0.2, 0.25) is 11.9 Å². The number of nitrogens with two attached hydrogens (primary N) is 1. The van der Waals surface area contributed by atoms with E-state index in [4.69, 9.17) is 15.0 Å². The lowest BCUT2D eigenvalue weighted by Crippen LogP contribution is -2.33. The Labute approximate surface area is 259 Å². The number of aromatic nitrogens is 4.